The highest BCUT2D eigenvalue weighted by Gasteiger charge is 2.20. The van der Waals surface area contributed by atoms with Crippen molar-refractivity contribution in [2.45, 2.75) is 51.5 Å². The van der Waals surface area contributed by atoms with Crippen molar-refractivity contribution in [1.82, 2.24) is 15.3 Å². The number of oxazole rings is 1. The summed E-state index contributed by atoms with van der Waals surface area (Å²) in [6.45, 7) is 1.46. The molecule has 1 amide bonds. The maximum absolute atomic E-state index is 12.6. The van der Waals surface area contributed by atoms with E-state index >= 15 is 0 Å². The van der Waals surface area contributed by atoms with Crippen LogP contribution in [0.5, 0.6) is 5.75 Å². The van der Waals surface area contributed by atoms with Crippen LogP contribution in [-0.2, 0) is 16.4 Å². The van der Waals surface area contributed by atoms with Crippen LogP contribution in [0.2, 0.25) is 0 Å². The van der Waals surface area contributed by atoms with Gasteiger partial charge in [-0.15, -0.1) is 12.3 Å². The molecule has 0 aliphatic heterocycles. The van der Waals surface area contributed by atoms with Gasteiger partial charge in [-0.1, -0.05) is 12.8 Å². The second-order valence-corrected chi connectivity index (χ2v) is 8.91. The molecule has 168 valence electrons. The highest BCUT2D eigenvalue weighted by atomic mass is 32.2. The van der Waals surface area contributed by atoms with Crippen molar-refractivity contribution in [2.24, 2.45) is 0 Å². The molecule has 31 heavy (non-hydrogen) atoms. The van der Waals surface area contributed by atoms with Crippen molar-refractivity contribution in [1.29, 1.82) is 0 Å². The Labute approximate surface area is 180 Å². The fourth-order valence-corrected chi connectivity index (χ4v) is 3.35. The Morgan fingerprint density at radius 1 is 1.39 bits per heavy atom. The van der Waals surface area contributed by atoms with E-state index in [0.29, 0.717) is 18.4 Å². The van der Waals surface area contributed by atoms with E-state index in [1.54, 1.807) is 6.07 Å². The van der Waals surface area contributed by atoms with Crippen molar-refractivity contribution in [3.8, 4) is 18.1 Å². The first kappa shape index (κ1) is 24.0. The largest absolute Gasteiger partial charge is 0.503 e. The predicted molar refractivity (Wildman–Crippen MR) is 115 cm³/mol. The van der Waals surface area contributed by atoms with Crippen LogP contribution in [0.3, 0.4) is 0 Å². The van der Waals surface area contributed by atoms with Crippen LogP contribution in [0, 0.1) is 12.3 Å². The molecule has 0 saturated heterocycles. The molecule has 0 spiro atoms. The van der Waals surface area contributed by atoms with Gasteiger partial charge in [0.25, 0.3) is 11.5 Å². The zero-order valence-corrected chi connectivity index (χ0v) is 18.0. The first-order valence-electron chi connectivity index (χ1n) is 9.85. The Balaban J connectivity index is 2.09. The molecule has 0 aromatic carbocycles. The number of rotatable bonds is 12. The lowest BCUT2D eigenvalue weighted by atomic mass is 10.00. The predicted octanol–water partition coefficient (Wildman–Crippen LogP) is 1.75. The van der Waals surface area contributed by atoms with Crippen LogP contribution in [0.25, 0.3) is 0 Å². The summed E-state index contributed by atoms with van der Waals surface area (Å²) in [5, 5.41) is 12.8. The zero-order valence-electron chi connectivity index (χ0n) is 17.2. The van der Waals surface area contributed by atoms with E-state index < -0.39 is 33.3 Å². The molecular formula is C20H26N4O6S. The lowest BCUT2D eigenvalue weighted by Crippen LogP contribution is -2.37. The number of terminal acetylenes is 1. The molecule has 2 heterocycles. The molecule has 2 aromatic rings. The molecule has 2 aromatic heterocycles. The summed E-state index contributed by atoms with van der Waals surface area (Å²) in [4.78, 5) is 30.5. The van der Waals surface area contributed by atoms with E-state index in [1.807, 2.05) is 0 Å². The summed E-state index contributed by atoms with van der Waals surface area (Å²) in [7, 11) is -3.59. The van der Waals surface area contributed by atoms with Gasteiger partial charge in [0, 0.05) is 24.2 Å². The van der Waals surface area contributed by atoms with Crippen LogP contribution in [0.15, 0.2) is 27.7 Å². The first-order chi connectivity index (χ1) is 14.8. The number of carbonyl (C=O) groups is 1. The number of unbranched alkanes of at least 4 members (excludes halogenated alkanes) is 3. The topological polar surface area (TPSA) is 154 Å². The van der Waals surface area contributed by atoms with E-state index in [-0.39, 0.29) is 23.9 Å². The lowest BCUT2D eigenvalue weighted by Gasteiger charge is -2.18. The minimum atomic E-state index is -3.59. The number of anilines is 1. The average molecular weight is 451 g/mol. The van der Waals surface area contributed by atoms with Gasteiger partial charge in [-0.3, -0.25) is 9.59 Å². The zero-order chi connectivity index (χ0) is 22.9. The molecule has 2 rings (SSSR count). The van der Waals surface area contributed by atoms with Crippen LogP contribution in [0.1, 0.15) is 55.1 Å². The number of pyridine rings is 1. The van der Waals surface area contributed by atoms with Gasteiger partial charge in [0.2, 0.25) is 10.0 Å². The summed E-state index contributed by atoms with van der Waals surface area (Å²) in [6.07, 6.45) is 11.7. The molecule has 0 radical (unpaired) electrons. The summed E-state index contributed by atoms with van der Waals surface area (Å²) in [6, 6.07) is 0.866. The lowest BCUT2D eigenvalue weighted by molar-refractivity contribution is 0.0929. The van der Waals surface area contributed by atoms with Gasteiger partial charge in [-0.05, 0) is 32.3 Å². The number of aromatic nitrogens is 2. The number of amides is 1. The molecule has 11 heteroatoms. The third kappa shape index (κ3) is 7.49. The monoisotopic (exact) mass is 450 g/mol. The second-order valence-electron chi connectivity index (χ2n) is 6.90. The van der Waals surface area contributed by atoms with Crippen molar-refractivity contribution >= 4 is 21.9 Å². The number of H-pyrrole nitrogens is 1. The first-order valence-corrected chi connectivity index (χ1v) is 11.5. The summed E-state index contributed by atoms with van der Waals surface area (Å²) >= 11 is 0. The smallest absolute Gasteiger partial charge is 0.309 e. The molecule has 0 aliphatic carbocycles. The Morgan fingerprint density at radius 2 is 2.16 bits per heavy atom. The van der Waals surface area contributed by atoms with Crippen LogP contribution < -0.4 is 15.6 Å². The number of nitrogens with zero attached hydrogens (tertiary/aromatic N) is 1. The van der Waals surface area contributed by atoms with Crippen molar-refractivity contribution in [2.75, 3.05) is 10.5 Å². The maximum Gasteiger partial charge on any atom is 0.309 e. The number of sulfonamides is 1. The van der Waals surface area contributed by atoms with Gasteiger partial charge >= 0.3 is 6.01 Å². The molecule has 1 unspecified atom stereocenters. The highest BCUT2D eigenvalue weighted by molar-refractivity contribution is 7.92. The normalized spacial score (nSPS) is 12.1. The average Bonchev–Trinajstić information content (AvgIpc) is 3.19. The van der Waals surface area contributed by atoms with Gasteiger partial charge in [0.05, 0.1) is 5.75 Å². The number of aromatic hydroxyl groups is 1. The van der Waals surface area contributed by atoms with Crippen LogP contribution in [-0.4, -0.2) is 41.2 Å². The Kier molecular flexibility index (Phi) is 8.69. The van der Waals surface area contributed by atoms with E-state index in [4.69, 9.17) is 10.8 Å². The van der Waals surface area contributed by atoms with Gasteiger partial charge in [-0.2, -0.15) is 4.98 Å². The second kappa shape index (κ2) is 11.2. The number of aromatic amines is 1. The fourth-order valence-electron chi connectivity index (χ4n) is 2.85. The Hall–Kier alpha value is -3.26. The summed E-state index contributed by atoms with van der Waals surface area (Å²) < 4.78 is 30.4. The van der Waals surface area contributed by atoms with E-state index in [0.717, 1.165) is 25.5 Å². The minimum Gasteiger partial charge on any atom is -0.503 e. The van der Waals surface area contributed by atoms with Crippen molar-refractivity contribution in [3.63, 3.8) is 0 Å². The Bertz CT molecular complexity index is 1080. The summed E-state index contributed by atoms with van der Waals surface area (Å²) in [5.74, 6) is 1.45. The van der Waals surface area contributed by atoms with Crippen LogP contribution >= 0.6 is 0 Å². The molecular weight excluding hydrogens is 424 g/mol. The molecule has 0 fully saturated rings. The molecule has 1 atom stereocenters. The number of hydrogen-bond donors (Lipinski definition) is 4. The number of nitrogens with one attached hydrogen (secondary N) is 3. The van der Waals surface area contributed by atoms with Gasteiger partial charge in [0.15, 0.2) is 11.4 Å². The number of carbonyl (C=O) groups excluding carboxylic acids is 1. The molecule has 0 saturated carbocycles. The third-order valence-electron chi connectivity index (χ3n) is 4.55. The number of hydrogen-bond acceptors (Lipinski definition) is 7. The van der Waals surface area contributed by atoms with Crippen molar-refractivity contribution < 1.29 is 22.7 Å². The fraction of sp³-hybridized carbons (Fsp3) is 0.450. The van der Waals surface area contributed by atoms with Crippen molar-refractivity contribution in [3.05, 3.63) is 40.1 Å². The minimum absolute atomic E-state index is 0.0961. The standard InChI is InChI=1S/C20H26N4O6S/c1-3-5-6-7-8-9-15(12-14-10-11-21-19(27)17(14)25)22-18(26)16-13-30-20(23-16)24-31(28,29)4-2/h1,10-11,13,15,25H,4-9,12H2,2H3,(H,21,27)(H,22,26)(H,23,24). The molecule has 0 bridgehead atoms. The molecule has 10 nitrogen and oxygen atoms in total. The quantitative estimate of drug-likeness (QED) is 0.284. The highest BCUT2D eigenvalue weighted by Crippen LogP contribution is 2.17. The molecule has 0 aliphatic rings. The Morgan fingerprint density at radius 3 is 2.87 bits per heavy atom. The summed E-state index contributed by atoms with van der Waals surface area (Å²) in [5.41, 5.74) is -0.309. The van der Waals surface area contributed by atoms with E-state index in [9.17, 15) is 23.1 Å². The van der Waals surface area contributed by atoms with E-state index in [2.05, 4.69) is 25.9 Å². The van der Waals surface area contributed by atoms with Gasteiger partial charge in [-0.25, -0.2) is 13.1 Å². The third-order valence-corrected chi connectivity index (χ3v) is 5.80. The maximum atomic E-state index is 12.6. The van der Waals surface area contributed by atoms with Crippen LogP contribution in [0.4, 0.5) is 6.01 Å². The SMILES string of the molecule is C#CCCCCCC(Cc1cc[nH]c(=O)c1O)NC(=O)c1coc(NS(=O)(=O)CC)n1. The molecule has 4 N–H and O–H groups in total. The van der Waals surface area contributed by atoms with E-state index in [1.165, 1.54) is 13.1 Å². The van der Waals surface area contributed by atoms with Gasteiger partial charge < -0.3 is 19.8 Å². The van der Waals surface area contributed by atoms with Gasteiger partial charge in [0.1, 0.15) is 6.26 Å².